The number of thiazole rings is 1. The van der Waals surface area contributed by atoms with E-state index in [0.29, 0.717) is 5.13 Å². The first kappa shape index (κ1) is 13.0. The summed E-state index contributed by atoms with van der Waals surface area (Å²) in [6, 6.07) is 3.88. The number of benzene rings is 1. The van der Waals surface area contributed by atoms with Gasteiger partial charge in [0, 0.05) is 11.4 Å². The van der Waals surface area contributed by atoms with Gasteiger partial charge in [-0.2, -0.15) is 0 Å². The molecule has 8 heteroatoms. The number of hydrogen-bond donors (Lipinski definition) is 2. The van der Waals surface area contributed by atoms with E-state index in [0.717, 1.165) is 5.69 Å². The first-order valence-corrected chi connectivity index (χ1v) is 6.07. The molecular formula is C11H9N3O4S. The quantitative estimate of drug-likeness (QED) is 0.658. The van der Waals surface area contributed by atoms with Crippen molar-refractivity contribution < 1.29 is 14.8 Å². The fourth-order valence-corrected chi connectivity index (χ4v) is 2.21. The van der Waals surface area contributed by atoms with E-state index in [1.54, 1.807) is 12.3 Å². The zero-order valence-electron chi connectivity index (χ0n) is 9.78. The van der Waals surface area contributed by atoms with Crippen LogP contribution in [0.3, 0.4) is 0 Å². The van der Waals surface area contributed by atoms with Crippen molar-refractivity contribution in [2.24, 2.45) is 0 Å². The van der Waals surface area contributed by atoms with Gasteiger partial charge in [-0.05, 0) is 13.0 Å². The second-order valence-corrected chi connectivity index (χ2v) is 4.54. The van der Waals surface area contributed by atoms with Crippen molar-refractivity contribution in [2.75, 3.05) is 5.32 Å². The highest BCUT2D eigenvalue weighted by Crippen LogP contribution is 2.32. The van der Waals surface area contributed by atoms with E-state index in [4.69, 9.17) is 5.11 Å². The van der Waals surface area contributed by atoms with Gasteiger partial charge in [0.1, 0.15) is 5.69 Å². The lowest BCUT2D eigenvalue weighted by Crippen LogP contribution is -2.05. The van der Waals surface area contributed by atoms with Crippen LogP contribution in [0.5, 0.6) is 0 Å². The number of hydrogen-bond acceptors (Lipinski definition) is 6. The number of aryl methyl sites for hydroxylation is 1. The maximum atomic E-state index is 11.1. The number of anilines is 2. The van der Waals surface area contributed by atoms with Gasteiger partial charge in [0.2, 0.25) is 0 Å². The normalized spacial score (nSPS) is 10.2. The van der Waals surface area contributed by atoms with E-state index in [1.165, 1.54) is 29.5 Å². The molecule has 1 aromatic heterocycles. The monoisotopic (exact) mass is 279 g/mol. The first-order valence-electron chi connectivity index (χ1n) is 5.19. The van der Waals surface area contributed by atoms with Crippen LogP contribution < -0.4 is 5.32 Å². The van der Waals surface area contributed by atoms with Crippen LogP contribution in [0.1, 0.15) is 16.1 Å². The van der Waals surface area contributed by atoms with Gasteiger partial charge in [-0.1, -0.05) is 6.07 Å². The number of rotatable bonds is 4. The van der Waals surface area contributed by atoms with Crippen LogP contribution in [0, 0.1) is 17.0 Å². The molecule has 0 saturated heterocycles. The van der Waals surface area contributed by atoms with E-state index in [-0.39, 0.29) is 16.9 Å². The number of carboxylic acid groups (broad SMARTS) is 1. The van der Waals surface area contributed by atoms with Gasteiger partial charge in [-0.25, -0.2) is 9.78 Å². The topological polar surface area (TPSA) is 105 Å². The van der Waals surface area contributed by atoms with E-state index in [1.807, 2.05) is 0 Å². The van der Waals surface area contributed by atoms with Crippen molar-refractivity contribution in [3.05, 3.63) is 45.0 Å². The second kappa shape index (κ2) is 5.02. The maximum Gasteiger partial charge on any atom is 0.338 e. The molecule has 0 atom stereocenters. The number of nitrogens with zero attached hydrogens (tertiary/aromatic N) is 2. The highest BCUT2D eigenvalue weighted by atomic mass is 32.1. The summed E-state index contributed by atoms with van der Waals surface area (Å²) in [5, 5.41) is 24.9. The predicted octanol–water partition coefficient (Wildman–Crippen LogP) is 2.80. The Morgan fingerprint density at radius 3 is 2.79 bits per heavy atom. The molecule has 2 aromatic rings. The highest BCUT2D eigenvalue weighted by molar-refractivity contribution is 7.13. The zero-order chi connectivity index (χ0) is 14.0. The molecular weight excluding hydrogens is 270 g/mol. The number of carboxylic acids is 1. The van der Waals surface area contributed by atoms with Crippen molar-refractivity contribution in [1.82, 2.24) is 4.98 Å². The Balaban J connectivity index is 2.52. The van der Waals surface area contributed by atoms with Gasteiger partial charge in [0.15, 0.2) is 5.13 Å². The average molecular weight is 279 g/mol. The SMILES string of the molecule is Cc1csc(Nc2c(C(=O)O)cccc2[N+](=O)[O-])n1. The molecule has 0 unspecified atom stereocenters. The Bertz CT molecular complexity index is 621. The van der Waals surface area contributed by atoms with E-state index < -0.39 is 10.9 Å². The third-order valence-electron chi connectivity index (χ3n) is 2.32. The summed E-state index contributed by atoms with van der Waals surface area (Å²) >= 11 is 1.25. The van der Waals surface area contributed by atoms with Crippen molar-refractivity contribution in [1.29, 1.82) is 0 Å². The summed E-state index contributed by atoms with van der Waals surface area (Å²) in [6.07, 6.45) is 0. The van der Waals surface area contributed by atoms with Crippen molar-refractivity contribution >= 4 is 33.8 Å². The number of aromatic carboxylic acids is 1. The van der Waals surface area contributed by atoms with Gasteiger partial charge in [-0.3, -0.25) is 10.1 Å². The molecule has 0 radical (unpaired) electrons. The van der Waals surface area contributed by atoms with Crippen LogP contribution >= 0.6 is 11.3 Å². The lowest BCUT2D eigenvalue weighted by atomic mass is 10.1. The summed E-state index contributed by atoms with van der Waals surface area (Å²) in [5.41, 5.74) is 0.229. The van der Waals surface area contributed by atoms with Crippen LogP contribution in [-0.4, -0.2) is 21.0 Å². The summed E-state index contributed by atoms with van der Waals surface area (Å²) < 4.78 is 0. The lowest BCUT2D eigenvalue weighted by molar-refractivity contribution is -0.383. The Morgan fingerprint density at radius 2 is 2.26 bits per heavy atom. The summed E-state index contributed by atoms with van der Waals surface area (Å²) in [5.74, 6) is -1.24. The molecule has 2 N–H and O–H groups in total. The Kier molecular flexibility index (Phi) is 3.43. The van der Waals surface area contributed by atoms with Crippen LogP contribution in [0.4, 0.5) is 16.5 Å². The molecule has 0 aliphatic rings. The third kappa shape index (κ3) is 2.68. The van der Waals surface area contributed by atoms with Crippen LogP contribution in [0.25, 0.3) is 0 Å². The number of carbonyl (C=O) groups is 1. The predicted molar refractivity (Wildman–Crippen MR) is 70.2 cm³/mol. The largest absolute Gasteiger partial charge is 0.478 e. The fraction of sp³-hybridized carbons (Fsp3) is 0.0909. The summed E-state index contributed by atoms with van der Waals surface area (Å²) in [7, 11) is 0. The lowest BCUT2D eigenvalue weighted by Gasteiger charge is -2.07. The molecule has 0 saturated carbocycles. The van der Waals surface area contributed by atoms with Crippen molar-refractivity contribution in [3.8, 4) is 0 Å². The van der Waals surface area contributed by atoms with E-state index in [2.05, 4.69) is 10.3 Å². The molecule has 98 valence electrons. The standard InChI is InChI=1S/C11H9N3O4S/c1-6-5-19-11(12-6)13-9-7(10(15)16)3-2-4-8(9)14(17)18/h2-5H,1H3,(H,12,13)(H,15,16). The van der Waals surface area contributed by atoms with E-state index >= 15 is 0 Å². The van der Waals surface area contributed by atoms with Crippen molar-refractivity contribution in [2.45, 2.75) is 6.92 Å². The summed E-state index contributed by atoms with van der Waals surface area (Å²) in [4.78, 5) is 25.5. The number of nitro benzene ring substituents is 1. The van der Waals surface area contributed by atoms with Gasteiger partial charge >= 0.3 is 5.97 Å². The van der Waals surface area contributed by atoms with E-state index in [9.17, 15) is 14.9 Å². The van der Waals surface area contributed by atoms with Crippen LogP contribution in [0.2, 0.25) is 0 Å². The third-order valence-corrected chi connectivity index (χ3v) is 3.20. The molecule has 0 fully saturated rings. The molecule has 0 spiro atoms. The molecule has 0 bridgehead atoms. The van der Waals surface area contributed by atoms with Crippen molar-refractivity contribution in [3.63, 3.8) is 0 Å². The van der Waals surface area contributed by atoms with Gasteiger partial charge in [0.05, 0.1) is 16.2 Å². The Hall–Kier alpha value is -2.48. The number of aromatic nitrogens is 1. The van der Waals surface area contributed by atoms with Gasteiger partial charge in [-0.15, -0.1) is 11.3 Å². The second-order valence-electron chi connectivity index (χ2n) is 3.68. The van der Waals surface area contributed by atoms with Crippen LogP contribution in [0.15, 0.2) is 23.6 Å². The molecule has 0 aliphatic heterocycles. The summed E-state index contributed by atoms with van der Waals surface area (Å²) in [6.45, 7) is 1.78. The first-order chi connectivity index (χ1) is 8.99. The minimum atomic E-state index is -1.24. The molecule has 7 nitrogen and oxygen atoms in total. The molecule has 2 rings (SSSR count). The Labute approximate surface area is 111 Å². The Morgan fingerprint density at radius 1 is 1.53 bits per heavy atom. The molecule has 0 amide bonds. The fourth-order valence-electron chi connectivity index (χ4n) is 1.52. The molecule has 0 aliphatic carbocycles. The number of para-hydroxylation sites is 1. The van der Waals surface area contributed by atoms with Gasteiger partial charge < -0.3 is 10.4 Å². The molecule has 1 heterocycles. The highest BCUT2D eigenvalue weighted by Gasteiger charge is 2.22. The number of nitro groups is 1. The van der Waals surface area contributed by atoms with Crippen LogP contribution in [-0.2, 0) is 0 Å². The maximum absolute atomic E-state index is 11.1. The average Bonchev–Trinajstić information content (AvgIpc) is 2.74. The smallest absolute Gasteiger partial charge is 0.338 e. The van der Waals surface area contributed by atoms with Gasteiger partial charge in [0.25, 0.3) is 5.69 Å². The number of nitrogens with one attached hydrogen (secondary N) is 1. The zero-order valence-corrected chi connectivity index (χ0v) is 10.6. The minimum Gasteiger partial charge on any atom is -0.478 e. The minimum absolute atomic E-state index is 0.0608. The molecule has 1 aromatic carbocycles. The molecule has 19 heavy (non-hydrogen) atoms.